The molecule has 1 atom stereocenters. The topological polar surface area (TPSA) is 54.5 Å². The van der Waals surface area contributed by atoms with Gasteiger partial charge in [0.1, 0.15) is 24.0 Å². The van der Waals surface area contributed by atoms with Gasteiger partial charge in [0.05, 0.1) is 21.7 Å². The molecule has 1 N–H and O–H groups in total. The summed E-state index contributed by atoms with van der Waals surface area (Å²) in [6.45, 7) is 1.19. The molecule has 0 spiro atoms. The Kier molecular flexibility index (Phi) is 6.68. The third-order valence-corrected chi connectivity index (χ3v) is 5.18. The lowest BCUT2D eigenvalue weighted by atomic mass is 10.2. The summed E-state index contributed by atoms with van der Waals surface area (Å²) in [7, 11) is 0. The van der Waals surface area contributed by atoms with Gasteiger partial charge < -0.3 is 9.64 Å². The Morgan fingerprint density at radius 2 is 2.26 bits per heavy atom. The van der Waals surface area contributed by atoms with Crippen LogP contribution in [0.3, 0.4) is 0 Å². The van der Waals surface area contributed by atoms with Gasteiger partial charge in [-0.05, 0) is 31.0 Å². The molecule has 1 aliphatic heterocycles. The fourth-order valence-electron chi connectivity index (χ4n) is 3.00. The number of amides is 1. The van der Waals surface area contributed by atoms with Gasteiger partial charge in [-0.2, -0.15) is 0 Å². The minimum atomic E-state index is -0.677. The molecule has 1 amide bonds. The van der Waals surface area contributed by atoms with E-state index >= 15 is 0 Å². The van der Waals surface area contributed by atoms with Crippen LogP contribution < -0.4 is 14.4 Å². The standard InChI is InChI=1S/C18H18Cl2FN3O2S/c1-27-23-18(25)13-7-14(20)16(8-15(13)21)26-10-12-3-2-6-24(12)17-5-4-11(19)9-22-17/h4-5,7-9,12H,2-3,6,10H2,1H3,(H,23,25)/t12-/m1/s1. The number of hydrogen-bond acceptors (Lipinski definition) is 5. The molecule has 0 radical (unpaired) electrons. The Balaban J connectivity index is 1.69. The van der Waals surface area contributed by atoms with E-state index in [1.165, 1.54) is 6.07 Å². The summed E-state index contributed by atoms with van der Waals surface area (Å²) in [6, 6.07) is 6.19. The number of rotatable bonds is 6. The van der Waals surface area contributed by atoms with E-state index in [9.17, 15) is 9.18 Å². The van der Waals surface area contributed by atoms with Gasteiger partial charge in [0.15, 0.2) is 0 Å². The van der Waals surface area contributed by atoms with Crippen molar-refractivity contribution in [3.63, 3.8) is 0 Å². The van der Waals surface area contributed by atoms with E-state index in [0.717, 1.165) is 43.2 Å². The van der Waals surface area contributed by atoms with Gasteiger partial charge in [0.25, 0.3) is 5.91 Å². The fraction of sp³-hybridized carbons (Fsp3) is 0.333. The highest BCUT2D eigenvalue weighted by molar-refractivity contribution is 7.97. The van der Waals surface area contributed by atoms with E-state index < -0.39 is 11.7 Å². The first-order valence-electron chi connectivity index (χ1n) is 8.33. The molecule has 1 aromatic carbocycles. The van der Waals surface area contributed by atoms with Gasteiger partial charge in [-0.25, -0.2) is 9.37 Å². The summed E-state index contributed by atoms with van der Waals surface area (Å²) in [6.07, 6.45) is 5.22. The number of aromatic nitrogens is 1. The first-order chi connectivity index (χ1) is 13.0. The van der Waals surface area contributed by atoms with Gasteiger partial charge in [0.2, 0.25) is 0 Å². The number of benzene rings is 1. The lowest BCUT2D eigenvalue weighted by molar-refractivity contribution is 0.0980. The van der Waals surface area contributed by atoms with E-state index in [1.54, 1.807) is 18.5 Å². The van der Waals surface area contributed by atoms with Crippen LogP contribution in [-0.2, 0) is 0 Å². The molecule has 0 saturated carbocycles. The zero-order valence-electron chi connectivity index (χ0n) is 14.5. The first-order valence-corrected chi connectivity index (χ1v) is 10.3. The quantitative estimate of drug-likeness (QED) is 0.680. The molecule has 1 fully saturated rings. The Morgan fingerprint density at radius 1 is 1.44 bits per heavy atom. The Hall–Kier alpha value is -1.70. The van der Waals surface area contributed by atoms with Crippen LogP contribution in [0.5, 0.6) is 5.75 Å². The molecule has 1 saturated heterocycles. The second kappa shape index (κ2) is 8.99. The van der Waals surface area contributed by atoms with Crippen LogP contribution in [0.4, 0.5) is 10.2 Å². The summed E-state index contributed by atoms with van der Waals surface area (Å²) in [5.74, 6) is -0.175. The van der Waals surface area contributed by atoms with Gasteiger partial charge in [-0.15, -0.1) is 0 Å². The van der Waals surface area contributed by atoms with Crippen molar-refractivity contribution < 1.29 is 13.9 Å². The number of pyridine rings is 1. The monoisotopic (exact) mass is 429 g/mol. The van der Waals surface area contributed by atoms with Gasteiger partial charge in [-0.3, -0.25) is 9.52 Å². The summed E-state index contributed by atoms with van der Waals surface area (Å²) < 4.78 is 22.5. The number of ether oxygens (including phenoxy) is 1. The molecule has 9 heteroatoms. The summed E-state index contributed by atoms with van der Waals surface area (Å²) in [4.78, 5) is 18.3. The summed E-state index contributed by atoms with van der Waals surface area (Å²) in [5, 5.41) is 0.774. The molecule has 1 aliphatic rings. The van der Waals surface area contributed by atoms with Crippen molar-refractivity contribution in [2.75, 3.05) is 24.3 Å². The van der Waals surface area contributed by atoms with Gasteiger partial charge >= 0.3 is 0 Å². The fourth-order valence-corrected chi connectivity index (χ4v) is 3.62. The number of halogens is 3. The van der Waals surface area contributed by atoms with Crippen LogP contribution in [0.2, 0.25) is 10.0 Å². The lowest BCUT2D eigenvalue weighted by Gasteiger charge is -2.26. The molecule has 27 heavy (non-hydrogen) atoms. The lowest BCUT2D eigenvalue weighted by Crippen LogP contribution is -2.34. The normalized spacial score (nSPS) is 16.4. The molecule has 2 heterocycles. The second-order valence-corrected chi connectivity index (χ2v) is 7.49. The predicted octanol–water partition coefficient (Wildman–Crippen LogP) is 4.58. The van der Waals surface area contributed by atoms with E-state index in [4.69, 9.17) is 27.9 Å². The molecule has 5 nitrogen and oxygen atoms in total. The molecule has 0 unspecified atom stereocenters. The maximum atomic E-state index is 14.2. The predicted molar refractivity (Wildman–Crippen MR) is 108 cm³/mol. The molecular weight excluding hydrogens is 412 g/mol. The van der Waals surface area contributed by atoms with E-state index in [0.29, 0.717) is 11.6 Å². The third kappa shape index (κ3) is 4.78. The van der Waals surface area contributed by atoms with Crippen molar-refractivity contribution in [2.24, 2.45) is 0 Å². The second-order valence-electron chi connectivity index (χ2n) is 6.03. The largest absolute Gasteiger partial charge is 0.490 e. The van der Waals surface area contributed by atoms with Crippen LogP contribution in [-0.4, -0.2) is 36.3 Å². The van der Waals surface area contributed by atoms with Crippen molar-refractivity contribution >= 4 is 46.9 Å². The first kappa shape index (κ1) is 20.0. The van der Waals surface area contributed by atoms with Crippen molar-refractivity contribution in [2.45, 2.75) is 18.9 Å². The number of hydrogen-bond donors (Lipinski definition) is 1. The third-order valence-electron chi connectivity index (χ3n) is 4.28. The minimum Gasteiger partial charge on any atom is -0.490 e. The molecule has 144 valence electrons. The van der Waals surface area contributed by atoms with Gasteiger partial charge in [0, 0.05) is 25.1 Å². The number of carbonyl (C=O) groups excluding carboxylic acids is 1. The summed E-state index contributed by atoms with van der Waals surface area (Å²) >= 11 is 13.2. The number of carbonyl (C=O) groups is 1. The molecule has 0 aliphatic carbocycles. The average Bonchev–Trinajstić information content (AvgIpc) is 3.11. The highest BCUT2D eigenvalue weighted by Gasteiger charge is 2.27. The van der Waals surface area contributed by atoms with E-state index in [1.807, 2.05) is 6.07 Å². The van der Waals surface area contributed by atoms with Crippen LogP contribution in [0.1, 0.15) is 23.2 Å². The Bertz CT molecular complexity index is 823. The number of anilines is 1. The van der Waals surface area contributed by atoms with Crippen molar-refractivity contribution in [1.82, 2.24) is 9.71 Å². The van der Waals surface area contributed by atoms with Crippen LogP contribution in [0, 0.1) is 5.82 Å². The maximum absolute atomic E-state index is 14.2. The van der Waals surface area contributed by atoms with Crippen LogP contribution in [0.15, 0.2) is 30.5 Å². The molecule has 2 aromatic rings. The van der Waals surface area contributed by atoms with E-state index in [-0.39, 0.29) is 22.4 Å². The molecule has 0 bridgehead atoms. The minimum absolute atomic E-state index is 0.0947. The van der Waals surface area contributed by atoms with Crippen LogP contribution >= 0.6 is 35.1 Å². The van der Waals surface area contributed by atoms with Crippen molar-refractivity contribution in [1.29, 1.82) is 0 Å². The zero-order valence-corrected chi connectivity index (χ0v) is 16.9. The SMILES string of the molecule is CSNC(=O)c1cc(Cl)c(OC[C@H]2CCCN2c2ccc(Cl)cn2)cc1F. The Morgan fingerprint density at radius 3 is 2.96 bits per heavy atom. The maximum Gasteiger partial charge on any atom is 0.264 e. The highest BCUT2D eigenvalue weighted by atomic mass is 35.5. The Labute approximate surface area is 171 Å². The van der Waals surface area contributed by atoms with Gasteiger partial charge in [-0.1, -0.05) is 35.1 Å². The smallest absolute Gasteiger partial charge is 0.264 e. The van der Waals surface area contributed by atoms with Crippen LogP contribution in [0.25, 0.3) is 0 Å². The summed E-state index contributed by atoms with van der Waals surface area (Å²) in [5.41, 5.74) is -0.116. The zero-order chi connectivity index (χ0) is 19.4. The molecule has 1 aromatic heterocycles. The number of nitrogens with one attached hydrogen (secondary N) is 1. The van der Waals surface area contributed by atoms with Crippen molar-refractivity contribution in [3.05, 3.63) is 51.9 Å². The number of nitrogens with zero attached hydrogens (tertiary/aromatic N) is 2. The highest BCUT2D eigenvalue weighted by Crippen LogP contribution is 2.30. The van der Waals surface area contributed by atoms with Crippen molar-refractivity contribution in [3.8, 4) is 5.75 Å². The van der Waals surface area contributed by atoms with E-state index in [2.05, 4.69) is 14.6 Å². The average molecular weight is 430 g/mol. The molecular formula is C18H18Cl2FN3O2S. The molecule has 3 rings (SSSR count).